The van der Waals surface area contributed by atoms with Gasteiger partial charge in [0.2, 0.25) is 0 Å². The molecule has 4 heteroatoms. The molecular formula is C23H45N3O. The Morgan fingerprint density at radius 3 is 1.89 bits per heavy atom. The minimum absolute atomic E-state index is 0.566. The zero-order valence-corrected chi connectivity index (χ0v) is 18.3. The van der Waals surface area contributed by atoms with Crippen molar-refractivity contribution in [3.8, 4) is 0 Å². The number of nitrogens with one attached hydrogen (secondary N) is 1. The van der Waals surface area contributed by atoms with Gasteiger partial charge in [0.1, 0.15) is 0 Å². The minimum Gasteiger partial charge on any atom is -0.381 e. The molecule has 0 aromatic rings. The highest BCUT2D eigenvalue weighted by Crippen LogP contribution is 2.50. The second-order valence-electron chi connectivity index (χ2n) is 9.50. The van der Waals surface area contributed by atoms with Crippen LogP contribution in [0.1, 0.15) is 65.2 Å². The van der Waals surface area contributed by atoms with Crippen molar-refractivity contribution in [2.45, 2.75) is 71.3 Å². The molecule has 3 saturated heterocycles. The molecule has 1 spiro atoms. The summed E-state index contributed by atoms with van der Waals surface area (Å²) in [5.74, 6) is 1.90. The molecule has 3 heterocycles. The van der Waals surface area contributed by atoms with Gasteiger partial charge in [0, 0.05) is 20.2 Å². The maximum absolute atomic E-state index is 5.50. The Balaban J connectivity index is 0.00000102. The summed E-state index contributed by atoms with van der Waals surface area (Å²) in [5.41, 5.74) is 0.662. The molecule has 0 unspecified atom stereocenters. The van der Waals surface area contributed by atoms with Gasteiger partial charge in [-0.1, -0.05) is 13.8 Å². The Morgan fingerprint density at radius 2 is 1.33 bits per heavy atom. The average molecular weight is 380 g/mol. The van der Waals surface area contributed by atoms with Gasteiger partial charge in [-0.15, -0.1) is 0 Å². The molecule has 4 rings (SSSR count). The third-order valence-electron chi connectivity index (χ3n) is 7.77. The van der Waals surface area contributed by atoms with Gasteiger partial charge >= 0.3 is 0 Å². The lowest BCUT2D eigenvalue weighted by Gasteiger charge is -2.52. The molecule has 0 aromatic carbocycles. The summed E-state index contributed by atoms with van der Waals surface area (Å²) in [4.78, 5) is 5.54. The molecule has 1 saturated carbocycles. The number of methoxy groups -OCH3 is 1. The zero-order valence-electron chi connectivity index (χ0n) is 18.3. The van der Waals surface area contributed by atoms with Gasteiger partial charge in [-0.3, -0.25) is 0 Å². The van der Waals surface area contributed by atoms with Crippen LogP contribution in [0.5, 0.6) is 0 Å². The molecule has 1 aliphatic carbocycles. The van der Waals surface area contributed by atoms with E-state index in [4.69, 9.17) is 4.74 Å². The molecule has 4 aliphatic rings. The van der Waals surface area contributed by atoms with Crippen LogP contribution in [0.25, 0.3) is 0 Å². The summed E-state index contributed by atoms with van der Waals surface area (Å²) in [7, 11) is 1.88. The van der Waals surface area contributed by atoms with Crippen LogP contribution >= 0.6 is 0 Å². The first-order chi connectivity index (χ1) is 13.2. The van der Waals surface area contributed by atoms with Crippen molar-refractivity contribution >= 4 is 0 Å². The van der Waals surface area contributed by atoms with E-state index in [0.717, 1.165) is 11.8 Å². The van der Waals surface area contributed by atoms with Crippen LogP contribution in [-0.4, -0.2) is 75.4 Å². The Bertz CT molecular complexity index is 400. The van der Waals surface area contributed by atoms with E-state index >= 15 is 0 Å². The SMILES string of the molecule is CC.COC1CC2(CCN(CC3CCN(CC4CCNCC4)CC3)CC2)C1. The number of hydrogen-bond acceptors (Lipinski definition) is 4. The molecule has 1 N–H and O–H groups in total. The first kappa shape index (κ1) is 21.5. The Hall–Kier alpha value is -0.160. The van der Waals surface area contributed by atoms with E-state index in [2.05, 4.69) is 15.1 Å². The van der Waals surface area contributed by atoms with Gasteiger partial charge in [-0.2, -0.15) is 0 Å². The molecular weight excluding hydrogens is 334 g/mol. The lowest BCUT2D eigenvalue weighted by molar-refractivity contribution is -0.0893. The van der Waals surface area contributed by atoms with E-state index in [9.17, 15) is 0 Å². The average Bonchev–Trinajstić information content (AvgIpc) is 2.71. The monoisotopic (exact) mass is 379 g/mol. The normalized spacial score (nSPS) is 28.6. The fraction of sp³-hybridized carbons (Fsp3) is 1.00. The molecule has 4 nitrogen and oxygen atoms in total. The lowest BCUT2D eigenvalue weighted by atomic mass is 9.61. The third kappa shape index (κ3) is 5.91. The second kappa shape index (κ2) is 10.6. The van der Waals surface area contributed by atoms with Crippen molar-refractivity contribution < 1.29 is 4.74 Å². The predicted molar refractivity (Wildman–Crippen MR) is 114 cm³/mol. The Kier molecular flexibility index (Phi) is 8.43. The highest BCUT2D eigenvalue weighted by Gasteiger charge is 2.46. The lowest BCUT2D eigenvalue weighted by Crippen LogP contribution is -2.51. The molecule has 4 fully saturated rings. The van der Waals surface area contributed by atoms with Gasteiger partial charge in [0.25, 0.3) is 0 Å². The molecule has 0 aromatic heterocycles. The van der Waals surface area contributed by atoms with Crippen LogP contribution in [-0.2, 0) is 4.74 Å². The number of nitrogens with zero attached hydrogens (tertiary/aromatic N) is 2. The third-order valence-corrected chi connectivity index (χ3v) is 7.77. The number of rotatable bonds is 5. The highest BCUT2D eigenvalue weighted by molar-refractivity contribution is 4.98. The molecule has 0 amide bonds. The quantitative estimate of drug-likeness (QED) is 0.790. The van der Waals surface area contributed by atoms with E-state index < -0.39 is 0 Å². The van der Waals surface area contributed by atoms with E-state index in [1.807, 2.05) is 21.0 Å². The fourth-order valence-corrected chi connectivity index (χ4v) is 5.84. The second-order valence-corrected chi connectivity index (χ2v) is 9.50. The van der Waals surface area contributed by atoms with E-state index in [1.165, 1.54) is 104 Å². The van der Waals surface area contributed by atoms with Crippen molar-refractivity contribution in [3.63, 3.8) is 0 Å². The molecule has 3 aliphatic heterocycles. The van der Waals surface area contributed by atoms with Gasteiger partial charge < -0.3 is 19.9 Å². The van der Waals surface area contributed by atoms with Crippen LogP contribution in [0.3, 0.4) is 0 Å². The summed E-state index contributed by atoms with van der Waals surface area (Å²) < 4.78 is 5.50. The largest absolute Gasteiger partial charge is 0.381 e. The summed E-state index contributed by atoms with van der Waals surface area (Å²) in [6, 6.07) is 0. The van der Waals surface area contributed by atoms with Crippen molar-refractivity contribution in [1.82, 2.24) is 15.1 Å². The van der Waals surface area contributed by atoms with Crippen LogP contribution in [0.15, 0.2) is 0 Å². The fourth-order valence-electron chi connectivity index (χ4n) is 5.84. The summed E-state index contributed by atoms with van der Waals surface area (Å²) in [6.45, 7) is 14.6. The summed E-state index contributed by atoms with van der Waals surface area (Å²) >= 11 is 0. The number of piperidine rings is 3. The smallest absolute Gasteiger partial charge is 0.0582 e. The topological polar surface area (TPSA) is 27.7 Å². The number of likely N-dealkylation sites (tertiary alicyclic amines) is 2. The van der Waals surface area contributed by atoms with Crippen molar-refractivity contribution in [3.05, 3.63) is 0 Å². The van der Waals surface area contributed by atoms with Gasteiger partial charge in [0.15, 0.2) is 0 Å². The van der Waals surface area contributed by atoms with Crippen LogP contribution < -0.4 is 5.32 Å². The molecule has 158 valence electrons. The van der Waals surface area contributed by atoms with Crippen molar-refractivity contribution in [2.75, 3.05) is 59.5 Å². The Labute approximate surface area is 168 Å². The maximum Gasteiger partial charge on any atom is 0.0582 e. The standard InChI is InChI=1S/C21H39N3O.C2H6/c1-25-20-14-21(15-20)6-12-24(13-7-21)17-19-4-10-23(11-5-19)16-18-2-8-22-9-3-18;1-2/h18-20,22H,2-17H2,1H3;1-2H3. The van der Waals surface area contributed by atoms with E-state index in [0.29, 0.717) is 11.5 Å². The predicted octanol–water partition coefficient (Wildman–Crippen LogP) is 3.62. The van der Waals surface area contributed by atoms with Gasteiger partial charge in [-0.05, 0) is 108 Å². The summed E-state index contributed by atoms with van der Waals surface area (Å²) in [5, 5.41) is 3.49. The van der Waals surface area contributed by atoms with E-state index in [1.54, 1.807) is 0 Å². The van der Waals surface area contributed by atoms with Gasteiger partial charge in [0.05, 0.1) is 6.10 Å². The highest BCUT2D eigenvalue weighted by atomic mass is 16.5. The first-order valence-corrected chi connectivity index (χ1v) is 11.9. The molecule has 0 bridgehead atoms. The summed E-state index contributed by atoms with van der Waals surface area (Å²) in [6.07, 6.45) is 11.7. The number of hydrogen-bond donors (Lipinski definition) is 1. The first-order valence-electron chi connectivity index (χ1n) is 11.9. The molecule has 27 heavy (non-hydrogen) atoms. The van der Waals surface area contributed by atoms with E-state index in [-0.39, 0.29) is 0 Å². The van der Waals surface area contributed by atoms with Crippen molar-refractivity contribution in [2.24, 2.45) is 17.3 Å². The van der Waals surface area contributed by atoms with Crippen LogP contribution in [0.4, 0.5) is 0 Å². The van der Waals surface area contributed by atoms with Crippen molar-refractivity contribution in [1.29, 1.82) is 0 Å². The zero-order chi connectivity index (χ0) is 19.1. The maximum atomic E-state index is 5.50. The van der Waals surface area contributed by atoms with Crippen LogP contribution in [0.2, 0.25) is 0 Å². The molecule has 0 atom stereocenters. The number of ether oxygens (including phenoxy) is 1. The minimum atomic E-state index is 0.566. The molecule has 0 radical (unpaired) electrons. The van der Waals surface area contributed by atoms with Gasteiger partial charge in [-0.25, -0.2) is 0 Å². The van der Waals surface area contributed by atoms with Crippen LogP contribution in [0, 0.1) is 17.3 Å². The Morgan fingerprint density at radius 1 is 0.815 bits per heavy atom.